The largest absolute Gasteiger partial charge is 0.497 e. The standard InChI is InChI=1S/C24H24N4O4S/c1-30-18-9-6-16(7-10-18)15-25-24-26-23(21-5-4-12-33-21)27-28(24)22(29)14-17-8-11-19(31-2)20(13-17)32-3/h4-13H,14-15H2,1-3H3,(H,25,26,27). The minimum atomic E-state index is -0.213. The predicted molar refractivity (Wildman–Crippen MR) is 128 cm³/mol. The molecule has 0 spiro atoms. The molecular formula is C24H24N4O4S. The quantitative estimate of drug-likeness (QED) is 0.389. The summed E-state index contributed by atoms with van der Waals surface area (Å²) in [5.41, 5.74) is 1.81. The molecule has 0 amide bonds. The van der Waals surface area contributed by atoms with Crippen LogP contribution in [0.5, 0.6) is 17.2 Å². The molecule has 2 aromatic carbocycles. The Bertz CT molecular complexity index is 1220. The predicted octanol–water partition coefficient (Wildman–Crippen LogP) is 4.53. The lowest BCUT2D eigenvalue weighted by atomic mass is 10.1. The van der Waals surface area contributed by atoms with E-state index in [1.807, 2.05) is 47.8 Å². The van der Waals surface area contributed by atoms with Crippen LogP contribution in [-0.4, -0.2) is 42.0 Å². The minimum Gasteiger partial charge on any atom is -0.497 e. The first-order valence-corrected chi connectivity index (χ1v) is 11.1. The molecule has 0 aliphatic heterocycles. The van der Waals surface area contributed by atoms with Crippen LogP contribution in [0.25, 0.3) is 10.7 Å². The first-order chi connectivity index (χ1) is 16.1. The molecule has 2 heterocycles. The molecule has 8 nitrogen and oxygen atoms in total. The third kappa shape index (κ3) is 5.15. The zero-order chi connectivity index (χ0) is 23.2. The first kappa shape index (κ1) is 22.3. The fourth-order valence-corrected chi connectivity index (χ4v) is 3.93. The maximum Gasteiger partial charge on any atom is 0.254 e. The number of benzene rings is 2. The molecule has 0 unspecified atom stereocenters. The maximum atomic E-state index is 13.2. The molecule has 170 valence electrons. The molecule has 4 aromatic rings. The van der Waals surface area contributed by atoms with Crippen molar-refractivity contribution >= 4 is 23.2 Å². The number of aromatic nitrogens is 3. The molecule has 0 atom stereocenters. The van der Waals surface area contributed by atoms with E-state index in [1.165, 1.54) is 16.0 Å². The molecule has 9 heteroatoms. The van der Waals surface area contributed by atoms with Crippen molar-refractivity contribution in [1.29, 1.82) is 0 Å². The Kier molecular flexibility index (Phi) is 6.89. The van der Waals surface area contributed by atoms with Crippen LogP contribution in [0.2, 0.25) is 0 Å². The Morgan fingerprint density at radius 2 is 1.73 bits per heavy atom. The summed E-state index contributed by atoms with van der Waals surface area (Å²) < 4.78 is 17.2. The van der Waals surface area contributed by atoms with Crippen LogP contribution < -0.4 is 19.5 Å². The molecule has 4 rings (SSSR count). The van der Waals surface area contributed by atoms with Crippen LogP contribution in [0.1, 0.15) is 15.9 Å². The van der Waals surface area contributed by atoms with Gasteiger partial charge in [0.1, 0.15) is 5.75 Å². The smallest absolute Gasteiger partial charge is 0.254 e. The second-order valence-corrected chi connectivity index (χ2v) is 8.06. The van der Waals surface area contributed by atoms with Crippen molar-refractivity contribution in [3.05, 3.63) is 71.1 Å². The highest BCUT2D eigenvalue weighted by Crippen LogP contribution is 2.28. The van der Waals surface area contributed by atoms with Crippen LogP contribution in [0.15, 0.2) is 60.0 Å². The van der Waals surface area contributed by atoms with E-state index in [1.54, 1.807) is 33.5 Å². The highest BCUT2D eigenvalue weighted by Gasteiger charge is 2.19. The van der Waals surface area contributed by atoms with Crippen molar-refractivity contribution in [2.24, 2.45) is 0 Å². The molecule has 33 heavy (non-hydrogen) atoms. The van der Waals surface area contributed by atoms with Gasteiger partial charge in [0.05, 0.1) is 32.6 Å². The Balaban J connectivity index is 1.58. The van der Waals surface area contributed by atoms with Gasteiger partial charge in [-0.15, -0.1) is 16.4 Å². The van der Waals surface area contributed by atoms with Gasteiger partial charge in [0.25, 0.3) is 5.91 Å². The van der Waals surface area contributed by atoms with Crippen molar-refractivity contribution in [3.63, 3.8) is 0 Å². The van der Waals surface area contributed by atoms with E-state index in [0.717, 1.165) is 21.8 Å². The Morgan fingerprint density at radius 3 is 2.39 bits per heavy atom. The van der Waals surface area contributed by atoms with Gasteiger partial charge in [0.2, 0.25) is 5.95 Å². The molecule has 0 radical (unpaired) electrons. The summed E-state index contributed by atoms with van der Waals surface area (Å²) in [6.45, 7) is 0.482. The van der Waals surface area contributed by atoms with Gasteiger partial charge in [-0.2, -0.15) is 9.67 Å². The molecule has 0 aliphatic rings. The van der Waals surface area contributed by atoms with E-state index in [-0.39, 0.29) is 12.3 Å². The number of carbonyl (C=O) groups excluding carboxylic acids is 1. The van der Waals surface area contributed by atoms with Crippen LogP contribution in [0.4, 0.5) is 5.95 Å². The van der Waals surface area contributed by atoms with Gasteiger partial charge in [0.15, 0.2) is 17.3 Å². The summed E-state index contributed by atoms with van der Waals surface area (Å²) in [5.74, 6) is 2.64. The van der Waals surface area contributed by atoms with Gasteiger partial charge in [-0.3, -0.25) is 4.79 Å². The van der Waals surface area contributed by atoms with E-state index in [4.69, 9.17) is 14.2 Å². The average Bonchev–Trinajstić information content (AvgIpc) is 3.53. The normalized spacial score (nSPS) is 10.6. The van der Waals surface area contributed by atoms with Crippen molar-refractivity contribution in [3.8, 4) is 28.0 Å². The summed E-state index contributed by atoms with van der Waals surface area (Å²) in [5, 5.41) is 9.69. The van der Waals surface area contributed by atoms with Crippen molar-refractivity contribution in [2.45, 2.75) is 13.0 Å². The second kappa shape index (κ2) is 10.2. The van der Waals surface area contributed by atoms with Crippen molar-refractivity contribution in [1.82, 2.24) is 14.8 Å². The van der Waals surface area contributed by atoms with Crippen LogP contribution in [0.3, 0.4) is 0 Å². The number of hydrogen-bond donors (Lipinski definition) is 1. The van der Waals surface area contributed by atoms with Crippen LogP contribution >= 0.6 is 11.3 Å². The lowest BCUT2D eigenvalue weighted by Crippen LogP contribution is -2.18. The number of anilines is 1. The molecule has 0 saturated heterocycles. The Morgan fingerprint density at radius 1 is 0.970 bits per heavy atom. The number of thiophene rings is 1. The van der Waals surface area contributed by atoms with E-state index in [2.05, 4.69) is 15.4 Å². The average molecular weight is 465 g/mol. The Hall–Kier alpha value is -3.85. The summed E-state index contributed by atoms with van der Waals surface area (Å²) in [6.07, 6.45) is 0.130. The molecule has 1 N–H and O–H groups in total. The van der Waals surface area contributed by atoms with E-state index >= 15 is 0 Å². The van der Waals surface area contributed by atoms with E-state index in [0.29, 0.717) is 29.8 Å². The van der Waals surface area contributed by atoms with Crippen molar-refractivity contribution < 1.29 is 19.0 Å². The number of hydrogen-bond acceptors (Lipinski definition) is 8. The van der Waals surface area contributed by atoms with E-state index < -0.39 is 0 Å². The Labute approximate surface area is 195 Å². The number of carbonyl (C=O) groups is 1. The summed E-state index contributed by atoms with van der Waals surface area (Å²) in [6, 6.07) is 17.0. The third-order valence-corrected chi connectivity index (χ3v) is 5.86. The van der Waals surface area contributed by atoms with E-state index in [9.17, 15) is 4.79 Å². The van der Waals surface area contributed by atoms with Gasteiger partial charge in [-0.05, 0) is 46.8 Å². The van der Waals surface area contributed by atoms with Gasteiger partial charge in [-0.1, -0.05) is 24.3 Å². The van der Waals surface area contributed by atoms with Crippen LogP contribution in [-0.2, 0) is 13.0 Å². The summed E-state index contributed by atoms with van der Waals surface area (Å²) in [7, 11) is 4.77. The number of ether oxygens (including phenoxy) is 3. The molecule has 0 bridgehead atoms. The van der Waals surface area contributed by atoms with Gasteiger partial charge >= 0.3 is 0 Å². The number of nitrogens with one attached hydrogen (secondary N) is 1. The second-order valence-electron chi connectivity index (χ2n) is 7.11. The number of nitrogens with zero attached hydrogens (tertiary/aromatic N) is 3. The zero-order valence-electron chi connectivity index (χ0n) is 18.6. The van der Waals surface area contributed by atoms with Crippen molar-refractivity contribution in [2.75, 3.05) is 26.6 Å². The summed E-state index contributed by atoms with van der Waals surface area (Å²) in [4.78, 5) is 18.7. The molecule has 2 aromatic heterocycles. The third-order valence-electron chi connectivity index (χ3n) is 5.00. The molecular weight excluding hydrogens is 440 g/mol. The maximum absolute atomic E-state index is 13.2. The van der Waals surface area contributed by atoms with Crippen LogP contribution in [0, 0.1) is 0 Å². The topological polar surface area (TPSA) is 87.5 Å². The fraction of sp³-hybridized carbons (Fsp3) is 0.208. The minimum absolute atomic E-state index is 0.130. The molecule has 0 saturated carbocycles. The summed E-state index contributed by atoms with van der Waals surface area (Å²) >= 11 is 1.52. The zero-order valence-corrected chi connectivity index (χ0v) is 19.4. The monoisotopic (exact) mass is 464 g/mol. The lowest BCUT2D eigenvalue weighted by Gasteiger charge is -2.10. The first-order valence-electron chi connectivity index (χ1n) is 10.2. The van der Waals surface area contributed by atoms with Gasteiger partial charge in [0, 0.05) is 6.54 Å². The van der Waals surface area contributed by atoms with Gasteiger partial charge < -0.3 is 19.5 Å². The highest BCUT2D eigenvalue weighted by molar-refractivity contribution is 7.13. The SMILES string of the molecule is COc1ccc(CNc2nc(-c3cccs3)nn2C(=O)Cc2ccc(OC)c(OC)c2)cc1. The lowest BCUT2D eigenvalue weighted by molar-refractivity contribution is 0.0901. The highest BCUT2D eigenvalue weighted by atomic mass is 32.1. The number of rotatable bonds is 9. The van der Waals surface area contributed by atoms with Gasteiger partial charge in [-0.25, -0.2) is 0 Å². The molecule has 0 aliphatic carbocycles. The fourth-order valence-electron chi connectivity index (χ4n) is 3.28. The molecule has 0 fully saturated rings. The number of methoxy groups -OCH3 is 3.